The molecule has 29 heavy (non-hydrogen) atoms. The molecule has 0 fully saturated rings. The topological polar surface area (TPSA) is 33.1 Å². The lowest BCUT2D eigenvalue weighted by Crippen LogP contribution is -1.91. The Bertz CT molecular complexity index is 1460. The molecule has 2 nitrogen and oxygen atoms in total. The molecule has 6 rings (SSSR count). The fourth-order valence-electron chi connectivity index (χ4n) is 4.35. The van der Waals surface area contributed by atoms with E-state index in [1.807, 2.05) is 12.1 Å². The van der Waals surface area contributed by atoms with Crippen molar-refractivity contribution < 1.29 is 5.11 Å². The number of phenols is 1. The molecule has 2 heteroatoms. The molecule has 1 heterocycles. The van der Waals surface area contributed by atoms with Gasteiger partial charge in [0.05, 0.1) is 11.0 Å². The minimum Gasteiger partial charge on any atom is -0.508 e. The second-order valence-corrected chi connectivity index (χ2v) is 7.40. The van der Waals surface area contributed by atoms with Crippen molar-refractivity contribution >= 4 is 43.4 Å². The normalized spacial score (nSPS) is 11.6. The van der Waals surface area contributed by atoms with Gasteiger partial charge in [-0.2, -0.15) is 0 Å². The fraction of sp³-hybridized carbons (Fsp3) is 0. The number of aromatic hydroxyl groups is 1. The third-order valence-electron chi connectivity index (χ3n) is 5.72. The number of aromatic nitrogens is 1. The highest BCUT2D eigenvalue weighted by Crippen LogP contribution is 2.39. The molecule has 0 aliphatic carbocycles. The number of pyridine rings is 1. The van der Waals surface area contributed by atoms with E-state index in [2.05, 4.69) is 72.8 Å². The van der Waals surface area contributed by atoms with Crippen molar-refractivity contribution in [1.29, 1.82) is 0 Å². The number of benzene rings is 5. The summed E-state index contributed by atoms with van der Waals surface area (Å²) >= 11 is 0. The molecule has 1 N–H and O–H groups in total. The van der Waals surface area contributed by atoms with Crippen molar-refractivity contribution in [1.82, 2.24) is 4.98 Å². The monoisotopic (exact) mass is 371 g/mol. The fourth-order valence-corrected chi connectivity index (χ4v) is 4.35. The molecule has 0 saturated heterocycles. The number of nitrogens with zero attached hydrogens (tertiary/aromatic N) is 1. The SMILES string of the molecule is Oc1ccc(-c2c3ccc4ccccc4c3nc3c2ccc2ccccc23)cc1. The van der Waals surface area contributed by atoms with Crippen molar-refractivity contribution in [3.8, 4) is 16.9 Å². The molecule has 0 unspecified atom stereocenters. The number of fused-ring (bicyclic) bond motifs is 6. The average molecular weight is 371 g/mol. The molecule has 0 radical (unpaired) electrons. The third kappa shape index (κ3) is 2.39. The van der Waals surface area contributed by atoms with E-state index in [9.17, 15) is 5.11 Å². The van der Waals surface area contributed by atoms with E-state index in [0.717, 1.165) is 43.7 Å². The first kappa shape index (κ1) is 16.1. The van der Waals surface area contributed by atoms with Crippen LogP contribution in [-0.2, 0) is 0 Å². The summed E-state index contributed by atoms with van der Waals surface area (Å²) in [6.45, 7) is 0. The highest BCUT2D eigenvalue weighted by molar-refractivity contribution is 6.21. The van der Waals surface area contributed by atoms with Gasteiger partial charge in [0.2, 0.25) is 0 Å². The lowest BCUT2D eigenvalue weighted by atomic mass is 9.92. The van der Waals surface area contributed by atoms with E-state index >= 15 is 0 Å². The van der Waals surface area contributed by atoms with Gasteiger partial charge in [0.15, 0.2) is 0 Å². The van der Waals surface area contributed by atoms with E-state index in [4.69, 9.17) is 4.98 Å². The zero-order chi connectivity index (χ0) is 19.4. The zero-order valence-corrected chi connectivity index (χ0v) is 15.6. The van der Waals surface area contributed by atoms with Gasteiger partial charge in [-0.05, 0) is 28.5 Å². The maximum absolute atomic E-state index is 9.80. The first-order valence-corrected chi connectivity index (χ1v) is 9.72. The van der Waals surface area contributed by atoms with Gasteiger partial charge in [0, 0.05) is 27.1 Å². The van der Waals surface area contributed by atoms with Crippen LogP contribution in [0.15, 0.2) is 97.1 Å². The Morgan fingerprint density at radius 3 is 1.55 bits per heavy atom. The molecule has 0 amide bonds. The zero-order valence-electron chi connectivity index (χ0n) is 15.6. The lowest BCUT2D eigenvalue weighted by molar-refractivity contribution is 0.475. The van der Waals surface area contributed by atoms with Crippen molar-refractivity contribution in [2.45, 2.75) is 0 Å². The summed E-state index contributed by atoms with van der Waals surface area (Å²) in [7, 11) is 0. The van der Waals surface area contributed by atoms with E-state index in [1.165, 1.54) is 10.8 Å². The minimum absolute atomic E-state index is 0.271. The van der Waals surface area contributed by atoms with E-state index in [1.54, 1.807) is 12.1 Å². The first-order valence-electron chi connectivity index (χ1n) is 9.72. The van der Waals surface area contributed by atoms with Gasteiger partial charge >= 0.3 is 0 Å². The number of rotatable bonds is 1. The average Bonchev–Trinajstić information content (AvgIpc) is 2.78. The van der Waals surface area contributed by atoms with Gasteiger partial charge in [0.1, 0.15) is 5.75 Å². The molecule has 0 saturated carbocycles. The summed E-state index contributed by atoms with van der Waals surface area (Å²) < 4.78 is 0. The number of phenolic OH excluding ortho intramolecular Hbond substituents is 1. The van der Waals surface area contributed by atoms with Crippen LogP contribution in [-0.4, -0.2) is 10.1 Å². The lowest BCUT2D eigenvalue weighted by Gasteiger charge is -2.14. The van der Waals surface area contributed by atoms with Crippen LogP contribution in [0.1, 0.15) is 0 Å². The van der Waals surface area contributed by atoms with Gasteiger partial charge in [-0.3, -0.25) is 0 Å². The van der Waals surface area contributed by atoms with Crippen molar-refractivity contribution in [3.05, 3.63) is 97.1 Å². The summed E-state index contributed by atoms with van der Waals surface area (Å²) in [5.74, 6) is 0.271. The van der Waals surface area contributed by atoms with Crippen LogP contribution in [0.2, 0.25) is 0 Å². The van der Waals surface area contributed by atoms with E-state index < -0.39 is 0 Å². The predicted molar refractivity (Wildman–Crippen MR) is 121 cm³/mol. The maximum Gasteiger partial charge on any atom is 0.115 e. The quantitative estimate of drug-likeness (QED) is 0.248. The van der Waals surface area contributed by atoms with Crippen LogP contribution < -0.4 is 0 Å². The standard InChI is InChI=1S/C27H17NO/c29-20-13-9-19(10-14-20)25-23-15-11-17-5-1-3-7-21(17)26(23)28-27-22-8-4-2-6-18(22)12-16-24(25)27/h1-16,29H. The molecule has 0 aliphatic heterocycles. The van der Waals surface area contributed by atoms with E-state index in [0.29, 0.717) is 0 Å². The second-order valence-electron chi connectivity index (χ2n) is 7.40. The summed E-state index contributed by atoms with van der Waals surface area (Å²) in [4.78, 5) is 5.19. The highest BCUT2D eigenvalue weighted by Gasteiger charge is 2.15. The Kier molecular flexibility index (Phi) is 3.35. The van der Waals surface area contributed by atoms with Crippen LogP contribution >= 0.6 is 0 Å². The van der Waals surface area contributed by atoms with E-state index in [-0.39, 0.29) is 5.75 Å². The molecular formula is C27H17NO. The first-order chi connectivity index (χ1) is 14.3. The summed E-state index contributed by atoms with van der Waals surface area (Å²) in [6, 6.07) is 32.9. The van der Waals surface area contributed by atoms with Crippen molar-refractivity contribution in [3.63, 3.8) is 0 Å². The molecule has 0 spiro atoms. The molecule has 0 aliphatic rings. The van der Waals surface area contributed by atoms with Gasteiger partial charge in [-0.1, -0.05) is 84.9 Å². The summed E-state index contributed by atoms with van der Waals surface area (Å²) in [5.41, 5.74) is 4.25. The Morgan fingerprint density at radius 1 is 0.483 bits per heavy atom. The predicted octanol–water partition coefficient (Wildman–Crippen LogP) is 7.07. The van der Waals surface area contributed by atoms with Crippen LogP contribution in [0.3, 0.4) is 0 Å². The molecular weight excluding hydrogens is 354 g/mol. The Morgan fingerprint density at radius 2 is 1.00 bits per heavy atom. The molecule has 136 valence electrons. The van der Waals surface area contributed by atoms with Crippen molar-refractivity contribution in [2.75, 3.05) is 0 Å². The molecule has 6 aromatic rings. The Hall–Kier alpha value is -3.91. The van der Waals surface area contributed by atoms with Crippen LogP contribution in [0.25, 0.3) is 54.5 Å². The summed E-state index contributed by atoms with van der Waals surface area (Å²) in [6.07, 6.45) is 0. The van der Waals surface area contributed by atoms with Gasteiger partial charge in [-0.15, -0.1) is 0 Å². The maximum atomic E-state index is 9.80. The number of hydrogen-bond acceptors (Lipinski definition) is 2. The van der Waals surface area contributed by atoms with Gasteiger partial charge in [-0.25, -0.2) is 4.98 Å². The van der Waals surface area contributed by atoms with Crippen LogP contribution in [0, 0.1) is 0 Å². The van der Waals surface area contributed by atoms with Crippen molar-refractivity contribution in [2.24, 2.45) is 0 Å². The van der Waals surface area contributed by atoms with Crippen LogP contribution in [0.4, 0.5) is 0 Å². The molecule has 1 aromatic heterocycles. The van der Waals surface area contributed by atoms with Gasteiger partial charge in [0.25, 0.3) is 0 Å². The summed E-state index contributed by atoms with van der Waals surface area (Å²) in [5, 5.41) is 16.7. The Balaban J connectivity index is 1.89. The molecule has 0 atom stereocenters. The number of hydrogen-bond donors (Lipinski definition) is 1. The molecule has 5 aromatic carbocycles. The minimum atomic E-state index is 0.271. The molecule has 0 bridgehead atoms. The highest BCUT2D eigenvalue weighted by atomic mass is 16.3. The Labute approximate surface area is 167 Å². The van der Waals surface area contributed by atoms with Crippen LogP contribution in [0.5, 0.6) is 5.75 Å². The van der Waals surface area contributed by atoms with Gasteiger partial charge < -0.3 is 5.11 Å². The third-order valence-corrected chi connectivity index (χ3v) is 5.72. The largest absolute Gasteiger partial charge is 0.508 e. The second kappa shape index (κ2) is 6.05. The smallest absolute Gasteiger partial charge is 0.115 e.